The predicted molar refractivity (Wildman–Crippen MR) is 87.8 cm³/mol. The number of aromatic nitrogens is 2. The molecule has 4 nitrogen and oxygen atoms in total. The molecule has 0 fully saturated rings. The monoisotopic (exact) mass is 282 g/mol. The number of nitrogens with zero attached hydrogens (tertiary/aromatic N) is 2. The molecule has 0 spiro atoms. The Kier molecular flexibility index (Phi) is 3.04. The van der Waals surface area contributed by atoms with Crippen LogP contribution in [0.5, 0.6) is 0 Å². The molecule has 21 heavy (non-hydrogen) atoms. The largest absolute Gasteiger partial charge is 0.382 e. The van der Waals surface area contributed by atoms with Gasteiger partial charge >= 0.3 is 0 Å². The first-order valence-electron chi connectivity index (χ1n) is 7.23. The fraction of sp³-hybridized carbons (Fsp3) is 0.353. The van der Waals surface area contributed by atoms with Gasteiger partial charge in [-0.3, -0.25) is 5.10 Å². The molecule has 0 bridgehead atoms. The Hall–Kier alpha value is -2.23. The smallest absolute Gasteiger partial charge is 0.153 e. The third-order valence-electron chi connectivity index (χ3n) is 4.96. The van der Waals surface area contributed by atoms with E-state index in [1.165, 1.54) is 28.1 Å². The van der Waals surface area contributed by atoms with Gasteiger partial charge in [-0.25, -0.2) is 0 Å². The molecule has 1 aliphatic rings. The zero-order valence-corrected chi connectivity index (χ0v) is 13.3. The van der Waals surface area contributed by atoms with Crippen molar-refractivity contribution in [1.82, 2.24) is 15.1 Å². The van der Waals surface area contributed by atoms with Crippen LogP contribution in [-0.4, -0.2) is 22.1 Å². The molecule has 0 aliphatic carbocycles. The molecule has 110 valence electrons. The standard InChI is InChI=1S/C17H22N4/c1-9-11(3)21(5)12(4)10(2)16(9)13-6-7-15-14(8-13)17(18)20-19-15/h6-8,16H,1-5H3,(H3,18,19,20). The van der Waals surface area contributed by atoms with Crippen molar-refractivity contribution in [2.75, 3.05) is 12.8 Å². The lowest BCUT2D eigenvalue weighted by atomic mass is 9.81. The Morgan fingerprint density at radius 1 is 1.10 bits per heavy atom. The normalized spacial score (nSPS) is 17.3. The molecule has 4 heteroatoms. The molecule has 1 aliphatic heterocycles. The lowest BCUT2D eigenvalue weighted by molar-refractivity contribution is 0.480. The first kappa shape index (κ1) is 13.7. The van der Waals surface area contributed by atoms with Crippen molar-refractivity contribution in [3.05, 3.63) is 46.3 Å². The zero-order valence-electron chi connectivity index (χ0n) is 13.3. The van der Waals surface area contributed by atoms with Crippen LogP contribution < -0.4 is 5.73 Å². The number of H-pyrrole nitrogens is 1. The molecule has 2 heterocycles. The summed E-state index contributed by atoms with van der Waals surface area (Å²) in [6.45, 7) is 8.80. The van der Waals surface area contributed by atoms with Crippen molar-refractivity contribution in [1.29, 1.82) is 0 Å². The molecule has 1 aromatic carbocycles. The van der Waals surface area contributed by atoms with Crippen molar-refractivity contribution in [2.45, 2.75) is 33.6 Å². The van der Waals surface area contributed by atoms with Crippen LogP contribution in [0.15, 0.2) is 40.7 Å². The summed E-state index contributed by atoms with van der Waals surface area (Å²) in [7, 11) is 2.13. The highest BCUT2D eigenvalue weighted by atomic mass is 15.1. The minimum absolute atomic E-state index is 0.319. The number of hydrogen-bond acceptors (Lipinski definition) is 3. The summed E-state index contributed by atoms with van der Waals surface area (Å²) >= 11 is 0. The number of allylic oxidation sites excluding steroid dienone is 4. The van der Waals surface area contributed by atoms with E-state index in [0.717, 1.165) is 10.9 Å². The van der Waals surface area contributed by atoms with E-state index in [4.69, 9.17) is 5.73 Å². The average molecular weight is 282 g/mol. The summed E-state index contributed by atoms with van der Waals surface area (Å²) in [4.78, 5) is 2.27. The van der Waals surface area contributed by atoms with E-state index in [1.54, 1.807) is 0 Å². The molecule has 3 rings (SSSR count). The van der Waals surface area contributed by atoms with Gasteiger partial charge in [0.2, 0.25) is 0 Å². The van der Waals surface area contributed by atoms with Crippen molar-refractivity contribution in [3.8, 4) is 0 Å². The van der Waals surface area contributed by atoms with E-state index < -0.39 is 0 Å². The van der Waals surface area contributed by atoms with E-state index in [9.17, 15) is 0 Å². The number of rotatable bonds is 1. The first-order valence-corrected chi connectivity index (χ1v) is 7.23. The highest BCUT2D eigenvalue weighted by Crippen LogP contribution is 2.41. The van der Waals surface area contributed by atoms with Crippen molar-refractivity contribution < 1.29 is 0 Å². The fourth-order valence-corrected chi connectivity index (χ4v) is 3.25. The summed E-state index contributed by atoms with van der Waals surface area (Å²) in [6.07, 6.45) is 0. The molecule has 0 saturated heterocycles. The van der Waals surface area contributed by atoms with Gasteiger partial charge in [0.15, 0.2) is 5.82 Å². The summed E-state index contributed by atoms with van der Waals surface area (Å²) in [6, 6.07) is 6.40. The highest BCUT2D eigenvalue weighted by Gasteiger charge is 2.26. The molecular formula is C17H22N4. The topological polar surface area (TPSA) is 57.9 Å². The van der Waals surface area contributed by atoms with Gasteiger partial charge in [-0.1, -0.05) is 6.07 Å². The number of anilines is 1. The Labute approximate surface area is 125 Å². The van der Waals surface area contributed by atoms with E-state index in [1.807, 2.05) is 0 Å². The molecule has 1 aromatic heterocycles. The second kappa shape index (κ2) is 4.65. The van der Waals surface area contributed by atoms with Crippen LogP contribution in [0.1, 0.15) is 39.2 Å². The van der Waals surface area contributed by atoms with Gasteiger partial charge < -0.3 is 10.6 Å². The summed E-state index contributed by atoms with van der Waals surface area (Å²) < 4.78 is 0. The Morgan fingerprint density at radius 3 is 2.33 bits per heavy atom. The van der Waals surface area contributed by atoms with Crippen molar-refractivity contribution in [3.63, 3.8) is 0 Å². The van der Waals surface area contributed by atoms with Gasteiger partial charge in [-0.2, -0.15) is 5.10 Å². The quantitative estimate of drug-likeness (QED) is 0.837. The highest BCUT2D eigenvalue weighted by molar-refractivity contribution is 5.89. The zero-order chi connectivity index (χ0) is 15.3. The van der Waals surface area contributed by atoms with Crippen LogP contribution in [0.3, 0.4) is 0 Å². The SMILES string of the molecule is CC1=C(C)N(C)C(C)=C(C)C1c1ccc2[nH]nc(N)c2c1. The van der Waals surface area contributed by atoms with Gasteiger partial charge in [-0.15, -0.1) is 0 Å². The predicted octanol–water partition coefficient (Wildman–Crippen LogP) is 3.76. The Balaban J connectivity index is 2.18. The van der Waals surface area contributed by atoms with Gasteiger partial charge in [0.1, 0.15) is 0 Å². The minimum atomic E-state index is 0.319. The van der Waals surface area contributed by atoms with Gasteiger partial charge in [-0.05, 0) is 56.5 Å². The van der Waals surface area contributed by atoms with E-state index in [0.29, 0.717) is 11.7 Å². The molecule has 0 unspecified atom stereocenters. The third-order valence-corrected chi connectivity index (χ3v) is 4.96. The second-order valence-electron chi connectivity index (χ2n) is 5.94. The van der Waals surface area contributed by atoms with Crippen LogP contribution in [-0.2, 0) is 0 Å². The molecule has 3 N–H and O–H groups in total. The maximum absolute atomic E-state index is 5.95. The van der Waals surface area contributed by atoms with Crippen molar-refractivity contribution in [2.24, 2.45) is 0 Å². The lowest BCUT2D eigenvalue weighted by Crippen LogP contribution is -2.24. The Bertz CT molecular complexity index is 753. The van der Waals surface area contributed by atoms with E-state index in [-0.39, 0.29) is 0 Å². The second-order valence-corrected chi connectivity index (χ2v) is 5.94. The summed E-state index contributed by atoms with van der Waals surface area (Å²) in [5, 5.41) is 8.04. The summed E-state index contributed by atoms with van der Waals surface area (Å²) in [5.74, 6) is 0.886. The van der Waals surface area contributed by atoms with Gasteiger partial charge in [0, 0.05) is 29.7 Å². The number of hydrogen-bond donors (Lipinski definition) is 2. The van der Waals surface area contributed by atoms with Crippen LogP contribution in [0.4, 0.5) is 5.82 Å². The van der Waals surface area contributed by atoms with Crippen LogP contribution >= 0.6 is 0 Å². The van der Waals surface area contributed by atoms with Crippen LogP contribution in [0, 0.1) is 0 Å². The molecule has 0 amide bonds. The molecule has 0 radical (unpaired) electrons. The lowest BCUT2D eigenvalue weighted by Gasteiger charge is -2.35. The number of nitrogens with two attached hydrogens (primary N) is 1. The van der Waals surface area contributed by atoms with Gasteiger partial charge in [0.05, 0.1) is 5.52 Å². The maximum atomic E-state index is 5.95. The maximum Gasteiger partial charge on any atom is 0.153 e. The van der Waals surface area contributed by atoms with E-state index in [2.05, 4.69) is 68.0 Å². The number of benzene rings is 1. The number of nitrogen functional groups attached to an aromatic ring is 1. The number of fused-ring (bicyclic) bond motifs is 1. The number of aromatic amines is 1. The van der Waals surface area contributed by atoms with Gasteiger partial charge in [0.25, 0.3) is 0 Å². The van der Waals surface area contributed by atoms with Crippen molar-refractivity contribution >= 4 is 16.7 Å². The first-order chi connectivity index (χ1) is 9.91. The molecule has 0 atom stereocenters. The van der Waals surface area contributed by atoms with Crippen LogP contribution in [0.25, 0.3) is 10.9 Å². The Morgan fingerprint density at radius 2 is 1.71 bits per heavy atom. The minimum Gasteiger partial charge on any atom is -0.382 e. The average Bonchev–Trinajstić information content (AvgIpc) is 2.85. The van der Waals surface area contributed by atoms with Crippen LogP contribution in [0.2, 0.25) is 0 Å². The molecule has 0 saturated carbocycles. The molecular weight excluding hydrogens is 260 g/mol. The number of nitrogens with one attached hydrogen (secondary N) is 1. The summed E-state index contributed by atoms with van der Waals surface area (Å²) in [5.41, 5.74) is 13.6. The fourth-order valence-electron chi connectivity index (χ4n) is 3.25. The third kappa shape index (κ3) is 1.94. The van der Waals surface area contributed by atoms with E-state index >= 15 is 0 Å². The molecule has 2 aromatic rings.